The minimum absolute atomic E-state index is 0.220. The van der Waals surface area contributed by atoms with Crippen molar-refractivity contribution in [3.05, 3.63) is 46.7 Å². The van der Waals surface area contributed by atoms with E-state index in [1.807, 2.05) is 31.3 Å². The summed E-state index contributed by atoms with van der Waals surface area (Å²) in [6, 6.07) is 7.23. The molecule has 2 N–H and O–H groups in total. The van der Waals surface area contributed by atoms with E-state index in [0.29, 0.717) is 5.02 Å². The molecule has 0 fully saturated rings. The lowest BCUT2D eigenvalue weighted by molar-refractivity contribution is 0.651. The second kappa shape index (κ2) is 4.00. The smallest absolute Gasteiger partial charge is 0.0796 e. The summed E-state index contributed by atoms with van der Waals surface area (Å²) in [5, 5.41) is 8.34. The van der Waals surface area contributed by atoms with Crippen molar-refractivity contribution in [3.8, 4) is 0 Å². The number of halogens is 1. The van der Waals surface area contributed by atoms with Gasteiger partial charge in [0.15, 0.2) is 0 Å². The third kappa shape index (κ3) is 2.00. The Morgan fingerprint density at radius 3 is 2.53 bits per heavy atom. The molecule has 1 heterocycles. The first kappa shape index (κ1) is 10.1. The molecule has 1 aromatic carbocycles. The van der Waals surface area contributed by atoms with Crippen LogP contribution in [0.25, 0.3) is 0 Å². The fraction of sp³-hybridized carbons (Fsp3) is 0.200. The highest BCUT2D eigenvalue weighted by Crippen LogP contribution is 2.19. The van der Waals surface area contributed by atoms with Crippen LogP contribution in [0.1, 0.15) is 17.3 Å². The van der Waals surface area contributed by atoms with Gasteiger partial charge in [-0.3, -0.25) is 4.68 Å². The van der Waals surface area contributed by atoms with Gasteiger partial charge in [-0.15, -0.1) is 5.10 Å². The number of hydrogen-bond acceptors (Lipinski definition) is 3. The SMILES string of the molecule is Cn1nncc1C(N)c1ccc(Cl)cc1. The minimum Gasteiger partial charge on any atom is -0.319 e. The van der Waals surface area contributed by atoms with Gasteiger partial charge in [0.2, 0.25) is 0 Å². The average Bonchev–Trinajstić information content (AvgIpc) is 2.65. The molecule has 1 atom stereocenters. The summed E-state index contributed by atoms with van der Waals surface area (Å²) in [5.41, 5.74) is 7.93. The lowest BCUT2D eigenvalue weighted by Crippen LogP contribution is -2.15. The van der Waals surface area contributed by atoms with E-state index in [1.165, 1.54) is 0 Å². The maximum absolute atomic E-state index is 6.07. The molecule has 2 aromatic rings. The first-order valence-electron chi connectivity index (χ1n) is 4.54. The highest BCUT2D eigenvalue weighted by Gasteiger charge is 2.12. The molecule has 2 rings (SSSR count). The molecule has 15 heavy (non-hydrogen) atoms. The van der Waals surface area contributed by atoms with Crippen LogP contribution >= 0.6 is 11.6 Å². The summed E-state index contributed by atoms with van der Waals surface area (Å²) in [4.78, 5) is 0. The van der Waals surface area contributed by atoms with Crippen molar-refractivity contribution in [1.82, 2.24) is 15.0 Å². The van der Waals surface area contributed by atoms with E-state index in [1.54, 1.807) is 10.9 Å². The van der Waals surface area contributed by atoms with Gasteiger partial charge in [-0.1, -0.05) is 28.9 Å². The number of aryl methyl sites for hydroxylation is 1. The van der Waals surface area contributed by atoms with Crippen molar-refractivity contribution >= 4 is 11.6 Å². The second-order valence-electron chi connectivity index (χ2n) is 3.31. The van der Waals surface area contributed by atoms with Crippen molar-refractivity contribution in [3.63, 3.8) is 0 Å². The minimum atomic E-state index is -0.220. The quantitative estimate of drug-likeness (QED) is 0.838. The number of nitrogens with two attached hydrogens (primary N) is 1. The summed E-state index contributed by atoms with van der Waals surface area (Å²) >= 11 is 5.80. The van der Waals surface area contributed by atoms with Gasteiger partial charge in [-0.2, -0.15) is 0 Å². The zero-order chi connectivity index (χ0) is 10.8. The zero-order valence-corrected chi connectivity index (χ0v) is 9.02. The largest absolute Gasteiger partial charge is 0.319 e. The Balaban J connectivity index is 2.32. The van der Waals surface area contributed by atoms with Crippen molar-refractivity contribution in [1.29, 1.82) is 0 Å². The van der Waals surface area contributed by atoms with Crippen LogP contribution in [0.3, 0.4) is 0 Å². The Bertz CT molecular complexity index is 449. The van der Waals surface area contributed by atoms with Gasteiger partial charge in [-0.25, -0.2) is 0 Å². The Morgan fingerprint density at radius 2 is 2.00 bits per heavy atom. The fourth-order valence-corrected chi connectivity index (χ4v) is 1.55. The molecular formula is C10H11ClN4. The Labute approximate surface area is 92.7 Å². The standard InChI is InChI=1S/C10H11ClN4/c1-15-9(6-13-14-15)10(12)7-2-4-8(11)5-3-7/h2-6,10H,12H2,1H3. The third-order valence-electron chi connectivity index (χ3n) is 2.30. The molecule has 0 bridgehead atoms. The van der Waals surface area contributed by atoms with E-state index in [9.17, 15) is 0 Å². The van der Waals surface area contributed by atoms with Crippen LogP contribution in [0.2, 0.25) is 5.02 Å². The molecule has 0 spiro atoms. The lowest BCUT2D eigenvalue weighted by Gasteiger charge is -2.11. The lowest BCUT2D eigenvalue weighted by atomic mass is 10.1. The van der Waals surface area contributed by atoms with Crippen LogP contribution in [-0.2, 0) is 7.05 Å². The number of nitrogens with zero attached hydrogens (tertiary/aromatic N) is 3. The third-order valence-corrected chi connectivity index (χ3v) is 2.55. The van der Waals surface area contributed by atoms with E-state index in [2.05, 4.69) is 10.3 Å². The van der Waals surface area contributed by atoms with Crippen LogP contribution in [0.5, 0.6) is 0 Å². The molecule has 0 aliphatic carbocycles. The molecule has 5 heteroatoms. The van der Waals surface area contributed by atoms with Gasteiger partial charge < -0.3 is 5.73 Å². The van der Waals surface area contributed by atoms with E-state index < -0.39 is 0 Å². The molecule has 4 nitrogen and oxygen atoms in total. The highest BCUT2D eigenvalue weighted by atomic mass is 35.5. The van der Waals surface area contributed by atoms with Gasteiger partial charge in [-0.05, 0) is 17.7 Å². The Kier molecular flexibility index (Phi) is 2.70. The predicted molar refractivity (Wildman–Crippen MR) is 58.5 cm³/mol. The van der Waals surface area contributed by atoms with E-state index in [-0.39, 0.29) is 6.04 Å². The van der Waals surface area contributed by atoms with Gasteiger partial charge in [0.1, 0.15) is 0 Å². The van der Waals surface area contributed by atoms with Crippen LogP contribution in [0.15, 0.2) is 30.5 Å². The topological polar surface area (TPSA) is 56.7 Å². The molecular weight excluding hydrogens is 212 g/mol. The monoisotopic (exact) mass is 222 g/mol. The van der Waals surface area contributed by atoms with E-state index in [4.69, 9.17) is 17.3 Å². The summed E-state index contributed by atoms with van der Waals surface area (Å²) < 4.78 is 1.67. The van der Waals surface area contributed by atoms with E-state index >= 15 is 0 Å². The van der Waals surface area contributed by atoms with Gasteiger partial charge in [0, 0.05) is 12.1 Å². The summed E-state index contributed by atoms with van der Waals surface area (Å²) in [6.07, 6.45) is 1.67. The van der Waals surface area contributed by atoms with Gasteiger partial charge >= 0.3 is 0 Å². The summed E-state index contributed by atoms with van der Waals surface area (Å²) in [7, 11) is 1.82. The molecule has 0 saturated carbocycles. The van der Waals surface area contributed by atoms with Crippen LogP contribution in [-0.4, -0.2) is 15.0 Å². The maximum atomic E-state index is 6.07. The van der Waals surface area contributed by atoms with Crippen LogP contribution in [0.4, 0.5) is 0 Å². The molecule has 0 amide bonds. The van der Waals surface area contributed by atoms with Crippen molar-refractivity contribution in [2.45, 2.75) is 6.04 Å². The number of benzene rings is 1. The predicted octanol–water partition coefficient (Wildman–Crippen LogP) is 1.52. The molecule has 0 radical (unpaired) electrons. The average molecular weight is 223 g/mol. The highest BCUT2D eigenvalue weighted by molar-refractivity contribution is 6.30. The summed E-state index contributed by atoms with van der Waals surface area (Å²) in [6.45, 7) is 0. The van der Waals surface area contributed by atoms with Crippen LogP contribution < -0.4 is 5.73 Å². The second-order valence-corrected chi connectivity index (χ2v) is 3.75. The first-order chi connectivity index (χ1) is 7.18. The van der Waals surface area contributed by atoms with E-state index in [0.717, 1.165) is 11.3 Å². The molecule has 0 aliphatic rings. The summed E-state index contributed by atoms with van der Waals surface area (Å²) in [5.74, 6) is 0. The fourth-order valence-electron chi connectivity index (χ4n) is 1.42. The number of hydrogen-bond donors (Lipinski definition) is 1. The Morgan fingerprint density at radius 1 is 1.33 bits per heavy atom. The number of rotatable bonds is 2. The maximum Gasteiger partial charge on any atom is 0.0796 e. The normalized spacial score (nSPS) is 12.7. The zero-order valence-electron chi connectivity index (χ0n) is 8.26. The first-order valence-corrected chi connectivity index (χ1v) is 4.92. The molecule has 78 valence electrons. The number of aromatic nitrogens is 3. The van der Waals surface area contributed by atoms with Crippen LogP contribution in [0, 0.1) is 0 Å². The van der Waals surface area contributed by atoms with Gasteiger partial charge in [0.05, 0.1) is 17.9 Å². The molecule has 1 unspecified atom stereocenters. The molecule has 0 saturated heterocycles. The van der Waals surface area contributed by atoms with Gasteiger partial charge in [0.25, 0.3) is 0 Å². The molecule has 1 aromatic heterocycles. The molecule has 0 aliphatic heterocycles. The Hall–Kier alpha value is -1.39. The van der Waals surface area contributed by atoms with Crippen molar-refractivity contribution in [2.24, 2.45) is 12.8 Å². The van der Waals surface area contributed by atoms with Crippen molar-refractivity contribution in [2.75, 3.05) is 0 Å². The van der Waals surface area contributed by atoms with Crippen molar-refractivity contribution < 1.29 is 0 Å².